The molecule has 7 heteroatoms. The van der Waals surface area contributed by atoms with Gasteiger partial charge in [0.25, 0.3) is 5.69 Å². The quantitative estimate of drug-likeness (QED) is 0.425. The SMILES string of the molecule is CC[C@H](C)[C@H](N)C(=O)Nc1cc([N+](=O)[O-])ccc1O. The van der Waals surface area contributed by atoms with E-state index >= 15 is 0 Å². The second-order valence-corrected chi connectivity index (χ2v) is 4.36. The minimum Gasteiger partial charge on any atom is -0.506 e. The van der Waals surface area contributed by atoms with Crippen molar-refractivity contribution in [3.8, 4) is 5.75 Å². The van der Waals surface area contributed by atoms with Crippen LogP contribution in [-0.4, -0.2) is 22.0 Å². The molecule has 0 bridgehead atoms. The van der Waals surface area contributed by atoms with E-state index < -0.39 is 16.9 Å². The molecule has 1 rings (SSSR count). The first kappa shape index (κ1) is 14.9. The van der Waals surface area contributed by atoms with Crippen molar-refractivity contribution in [1.29, 1.82) is 0 Å². The first-order valence-corrected chi connectivity index (χ1v) is 5.90. The summed E-state index contributed by atoms with van der Waals surface area (Å²) >= 11 is 0. The highest BCUT2D eigenvalue weighted by atomic mass is 16.6. The fourth-order valence-corrected chi connectivity index (χ4v) is 1.47. The molecule has 0 fully saturated rings. The van der Waals surface area contributed by atoms with E-state index in [0.29, 0.717) is 0 Å². The van der Waals surface area contributed by atoms with Crippen LogP contribution in [0.3, 0.4) is 0 Å². The van der Waals surface area contributed by atoms with Gasteiger partial charge in [0, 0.05) is 12.1 Å². The van der Waals surface area contributed by atoms with Crippen molar-refractivity contribution in [1.82, 2.24) is 0 Å². The third-order valence-corrected chi connectivity index (χ3v) is 3.01. The lowest BCUT2D eigenvalue weighted by molar-refractivity contribution is -0.384. The van der Waals surface area contributed by atoms with Gasteiger partial charge in [-0.25, -0.2) is 0 Å². The van der Waals surface area contributed by atoms with Crippen LogP contribution in [0.1, 0.15) is 20.3 Å². The molecule has 4 N–H and O–H groups in total. The van der Waals surface area contributed by atoms with Gasteiger partial charge in [0.2, 0.25) is 5.91 Å². The van der Waals surface area contributed by atoms with E-state index in [1.807, 2.05) is 13.8 Å². The second-order valence-electron chi connectivity index (χ2n) is 4.36. The molecule has 1 aromatic carbocycles. The number of nitro benzene ring substituents is 1. The number of carbonyl (C=O) groups excluding carboxylic acids is 1. The average molecular weight is 267 g/mol. The number of phenols is 1. The number of nitrogens with one attached hydrogen (secondary N) is 1. The van der Waals surface area contributed by atoms with Crippen LogP contribution in [0.4, 0.5) is 11.4 Å². The molecule has 0 aliphatic rings. The van der Waals surface area contributed by atoms with Crippen molar-refractivity contribution in [2.24, 2.45) is 11.7 Å². The Morgan fingerprint density at radius 3 is 2.74 bits per heavy atom. The van der Waals surface area contributed by atoms with E-state index in [0.717, 1.165) is 24.6 Å². The number of nitrogens with zero attached hydrogens (tertiary/aromatic N) is 1. The number of phenolic OH excluding ortho intramolecular Hbond substituents is 1. The number of anilines is 1. The minimum atomic E-state index is -0.733. The molecular weight excluding hydrogens is 250 g/mol. The molecule has 0 saturated heterocycles. The summed E-state index contributed by atoms with van der Waals surface area (Å²) in [6.07, 6.45) is 0.732. The van der Waals surface area contributed by atoms with Crippen molar-refractivity contribution in [2.45, 2.75) is 26.3 Å². The molecule has 0 saturated carbocycles. The maximum Gasteiger partial charge on any atom is 0.271 e. The minimum absolute atomic E-state index is 0.0158. The summed E-state index contributed by atoms with van der Waals surface area (Å²) in [5.41, 5.74) is 5.51. The molecule has 0 aromatic heterocycles. The summed E-state index contributed by atoms with van der Waals surface area (Å²) in [7, 11) is 0. The second kappa shape index (κ2) is 6.14. The average Bonchev–Trinajstić information content (AvgIpc) is 2.38. The summed E-state index contributed by atoms with van der Waals surface area (Å²) in [4.78, 5) is 21.8. The predicted molar refractivity (Wildman–Crippen MR) is 70.8 cm³/mol. The molecule has 0 radical (unpaired) electrons. The lowest BCUT2D eigenvalue weighted by atomic mass is 9.99. The van der Waals surface area contributed by atoms with Gasteiger partial charge in [0.05, 0.1) is 16.7 Å². The monoisotopic (exact) mass is 267 g/mol. The Morgan fingerprint density at radius 2 is 2.21 bits per heavy atom. The maximum atomic E-state index is 11.8. The number of hydrogen-bond donors (Lipinski definition) is 3. The van der Waals surface area contributed by atoms with E-state index in [1.54, 1.807) is 0 Å². The Bertz CT molecular complexity index is 490. The molecule has 19 heavy (non-hydrogen) atoms. The Kier molecular flexibility index (Phi) is 4.82. The highest BCUT2D eigenvalue weighted by Crippen LogP contribution is 2.28. The number of amides is 1. The molecule has 1 aromatic rings. The van der Waals surface area contributed by atoms with Crippen LogP contribution < -0.4 is 11.1 Å². The molecule has 0 heterocycles. The Balaban J connectivity index is 2.90. The van der Waals surface area contributed by atoms with Crippen molar-refractivity contribution >= 4 is 17.3 Å². The van der Waals surface area contributed by atoms with Crippen molar-refractivity contribution < 1.29 is 14.8 Å². The smallest absolute Gasteiger partial charge is 0.271 e. The summed E-state index contributed by atoms with van der Waals surface area (Å²) in [5.74, 6) is -0.749. The molecule has 104 valence electrons. The number of non-ortho nitro benzene ring substituents is 1. The van der Waals surface area contributed by atoms with E-state index in [1.165, 1.54) is 0 Å². The van der Waals surface area contributed by atoms with Crippen LogP contribution in [0.15, 0.2) is 18.2 Å². The molecule has 0 spiro atoms. The van der Waals surface area contributed by atoms with E-state index in [-0.39, 0.29) is 23.0 Å². The third kappa shape index (κ3) is 3.65. The Morgan fingerprint density at radius 1 is 1.58 bits per heavy atom. The molecular formula is C12H17N3O4. The van der Waals surface area contributed by atoms with E-state index in [9.17, 15) is 20.0 Å². The standard InChI is InChI=1S/C12H17N3O4/c1-3-7(2)11(13)12(17)14-9-6-8(15(18)19)4-5-10(9)16/h4-7,11,16H,3,13H2,1-2H3,(H,14,17)/t7-,11-/m0/s1. The summed E-state index contributed by atoms with van der Waals surface area (Å²) < 4.78 is 0. The number of nitro groups is 1. The van der Waals surface area contributed by atoms with E-state index in [4.69, 9.17) is 5.73 Å². The highest BCUT2D eigenvalue weighted by molar-refractivity contribution is 5.96. The Labute approximate surface area is 110 Å². The first-order valence-electron chi connectivity index (χ1n) is 5.90. The number of nitrogens with two attached hydrogens (primary N) is 1. The van der Waals surface area contributed by atoms with Crippen molar-refractivity contribution in [3.05, 3.63) is 28.3 Å². The van der Waals surface area contributed by atoms with Gasteiger partial charge in [-0.05, 0) is 12.0 Å². The molecule has 1 amide bonds. The van der Waals surface area contributed by atoms with Crippen LogP contribution >= 0.6 is 0 Å². The van der Waals surface area contributed by atoms with Crippen LogP contribution in [0, 0.1) is 16.0 Å². The van der Waals surface area contributed by atoms with Gasteiger partial charge >= 0.3 is 0 Å². The topological polar surface area (TPSA) is 118 Å². The zero-order valence-electron chi connectivity index (χ0n) is 10.8. The van der Waals surface area contributed by atoms with Gasteiger partial charge in [-0.2, -0.15) is 0 Å². The first-order chi connectivity index (χ1) is 8.86. The summed E-state index contributed by atoms with van der Waals surface area (Å²) in [5, 5.41) is 22.6. The molecule has 2 atom stereocenters. The fraction of sp³-hybridized carbons (Fsp3) is 0.417. The normalized spacial score (nSPS) is 13.6. The van der Waals surface area contributed by atoms with Crippen molar-refractivity contribution in [3.63, 3.8) is 0 Å². The number of carbonyl (C=O) groups is 1. The van der Waals surface area contributed by atoms with Crippen LogP contribution in [0.5, 0.6) is 5.75 Å². The highest BCUT2D eigenvalue weighted by Gasteiger charge is 2.21. The van der Waals surface area contributed by atoms with Crippen molar-refractivity contribution in [2.75, 3.05) is 5.32 Å². The lowest BCUT2D eigenvalue weighted by Gasteiger charge is -2.18. The van der Waals surface area contributed by atoms with Crippen LogP contribution in [-0.2, 0) is 4.79 Å². The van der Waals surface area contributed by atoms with Gasteiger partial charge in [-0.1, -0.05) is 20.3 Å². The van der Waals surface area contributed by atoms with Crippen LogP contribution in [0.2, 0.25) is 0 Å². The zero-order chi connectivity index (χ0) is 14.6. The summed E-state index contributed by atoms with van der Waals surface area (Å²) in [6, 6.07) is 2.67. The summed E-state index contributed by atoms with van der Waals surface area (Å²) in [6.45, 7) is 3.74. The van der Waals surface area contributed by atoms with Gasteiger partial charge in [-0.3, -0.25) is 14.9 Å². The third-order valence-electron chi connectivity index (χ3n) is 3.01. The van der Waals surface area contributed by atoms with E-state index in [2.05, 4.69) is 5.32 Å². The number of benzene rings is 1. The largest absolute Gasteiger partial charge is 0.506 e. The van der Waals surface area contributed by atoms with Crippen LogP contribution in [0.25, 0.3) is 0 Å². The number of hydrogen-bond acceptors (Lipinski definition) is 5. The molecule has 7 nitrogen and oxygen atoms in total. The molecule has 0 aliphatic heterocycles. The van der Waals surface area contributed by atoms with Gasteiger partial charge < -0.3 is 16.2 Å². The van der Waals surface area contributed by atoms with Gasteiger partial charge in [-0.15, -0.1) is 0 Å². The Hall–Kier alpha value is -2.15. The predicted octanol–water partition coefficient (Wildman–Crippen LogP) is 1.61. The van der Waals surface area contributed by atoms with Gasteiger partial charge in [0.15, 0.2) is 0 Å². The lowest BCUT2D eigenvalue weighted by Crippen LogP contribution is -2.40. The number of rotatable bonds is 5. The fourth-order valence-electron chi connectivity index (χ4n) is 1.47. The maximum absolute atomic E-state index is 11.8. The van der Waals surface area contributed by atoms with Gasteiger partial charge in [0.1, 0.15) is 5.75 Å². The molecule has 0 unspecified atom stereocenters. The number of aromatic hydroxyl groups is 1. The molecule has 0 aliphatic carbocycles. The zero-order valence-corrected chi connectivity index (χ0v) is 10.8.